The maximum Gasteiger partial charge on any atom is 0.260 e. The van der Waals surface area contributed by atoms with Gasteiger partial charge in [-0.3, -0.25) is 4.79 Å². The fourth-order valence-corrected chi connectivity index (χ4v) is 2.52. The van der Waals surface area contributed by atoms with Crippen LogP contribution in [0.15, 0.2) is 42.5 Å². The van der Waals surface area contributed by atoms with Crippen molar-refractivity contribution < 1.29 is 14.3 Å². The highest BCUT2D eigenvalue weighted by Gasteiger charge is 2.15. The van der Waals surface area contributed by atoms with Gasteiger partial charge in [0.25, 0.3) is 5.91 Å². The molecule has 2 rings (SSSR count). The van der Waals surface area contributed by atoms with Gasteiger partial charge in [0.15, 0.2) is 6.10 Å². The summed E-state index contributed by atoms with van der Waals surface area (Å²) in [5.41, 5.74) is 3.38. The van der Waals surface area contributed by atoms with Gasteiger partial charge in [-0.05, 0) is 68.5 Å². The van der Waals surface area contributed by atoms with Crippen molar-refractivity contribution in [3.63, 3.8) is 0 Å². The van der Waals surface area contributed by atoms with Crippen LogP contribution >= 0.6 is 0 Å². The molecule has 0 aliphatic carbocycles. The summed E-state index contributed by atoms with van der Waals surface area (Å²) in [6.45, 7) is 6.40. The molecule has 1 N–H and O–H groups in total. The van der Waals surface area contributed by atoms with Gasteiger partial charge in [-0.15, -0.1) is 0 Å². The second kappa shape index (κ2) is 9.11. The molecule has 0 spiro atoms. The Morgan fingerprint density at radius 2 is 1.84 bits per heavy atom. The molecule has 1 atom stereocenters. The molecule has 4 nitrogen and oxygen atoms in total. The van der Waals surface area contributed by atoms with E-state index in [1.807, 2.05) is 56.3 Å². The summed E-state index contributed by atoms with van der Waals surface area (Å²) in [6.07, 6.45) is 1.28. The minimum atomic E-state index is -0.513. The molecule has 0 aromatic heterocycles. The van der Waals surface area contributed by atoms with Crippen molar-refractivity contribution in [1.29, 1.82) is 0 Å². The molecule has 1 unspecified atom stereocenters. The van der Waals surface area contributed by atoms with Gasteiger partial charge in [0.1, 0.15) is 11.5 Å². The number of hydrogen-bond acceptors (Lipinski definition) is 3. The minimum Gasteiger partial charge on any atom is -0.497 e. The van der Waals surface area contributed by atoms with Crippen molar-refractivity contribution in [2.24, 2.45) is 0 Å². The molecule has 0 aliphatic heterocycles. The van der Waals surface area contributed by atoms with E-state index in [-0.39, 0.29) is 5.91 Å². The molecule has 0 aliphatic rings. The number of carbonyl (C=O) groups excluding carboxylic acids is 1. The molecule has 25 heavy (non-hydrogen) atoms. The molecule has 0 saturated heterocycles. The number of ether oxygens (including phenoxy) is 2. The van der Waals surface area contributed by atoms with Crippen LogP contribution in [0.4, 0.5) is 0 Å². The molecule has 1 amide bonds. The van der Waals surface area contributed by atoms with Crippen LogP contribution in [-0.2, 0) is 11.2 Å². The van der Waals surface area contributed by atoms with Crippen LogP contribution in [-0.4, -0.2) is 25.7 Å². The zero-order valence-electron chi connectivity index (χ0n) is 15.5. The third-order valence-electron chi connectivity index (χ3n) is 4.12. The Bertz CT molecular complexity index is 695. The van der Waals surface area contributed by atoms with E-state index in [9.17, 15) is 4.79 Å². The van der Waals surface area contributed by atoms with Crippen molar-refractivity contribution in [1.82, 2.24) is 5.32 Å². The Kier molecular flexibility index (Phi) is 6.87. The third-order valence-corrected chi connectivity index (χ3v) is 4.12. The quantitative estimate of drug-likeness (QED) is 0.742. The van der Waals surface area contributed by atoms with Gasteiger partial charge in [-0.25, -0.2) is 0 Å². The monoisotopic (exact) mass is 341 g/mol. The van der Waals surface area contributed by atoms with Gasteiger partial charge in [0.05, 0.1) is 7.11 Å². The van der Waals surface area contributed by atoms with Gasteiger partial charge >= 0.3 is 0 Å². The summed E-state index contributed by atoms with van der Waals surface area (Å²) >= 11 is 0. The van der Waals surface area contributed by atoms with Crippen molar-refractivity contribution in [3.05, 3.63) is 59.2 Å². The molecule has 0 fully saturated rings. The van der Waals surface area contributed by atoms with Gasteiger partial charge in [-0.1, -0.05) is 24.3 Å². The second-order valence-corrected chi connectivity index (χ2v) is 6.27. The molecule has 2 aromatic carbocycles. The van der Waals surface area contributed by atoms with Gasteiger partial charge in [0, 0.05) is 6.54 Å². The molecular weight excluding hydrogens is 314 g/mol. The van der Waals surface area contributed by atoms with Crippen LogP contribution in [0.25, 0.3) is 0 Å². The fraction of sp³-hybridized carbons (Fsp3) is 0.381. The summed E-state index contributed by atoms with van der Waals surface area (Å²) in [6, 6.07) is 14.0. The highest BCUT2D eigenvalue weighted by atomic mass is 16.5. The van der Waals surface area contributed by atoms with E-state index in [1.165, 1.54) is 5.56 Å². The predicted octanol–water partition coefficient (Wildman–Crippen LogP) is 3.83. The highest BCUT2D eigenvalue weighted by molar-refractivity contribution is 5.80. The Morgan fingerprint density at radius 3 is 2.52 bits per heavy atom. The lowest BCUT2D eigenvalue weighted by Gasteiger charge is -2.16. The lowest BCUT2D eigenvalue weighted by atomic mass is 10.1. The zero-order chi connectivity index (χ0) is 18.2. The largest absolute Gasteiger partial charge is 0.497 e. The first-order valence-electron chi connectivity index (χ1n) is 8.64. The Morgan fingerprint density at radius 1 is 1.12 bits per heavy atom. The maximum absolute atomic E-state index is 12.2. The van der Waals surface area contributed by atoms with Gasteiger partial charge in [0.2, 0.25) is 0 Å². The van der Waals surface area contributed by atoms with Crippen LogP contribution in [0.5, 0.6) is 11.5 Å². The van der Waals surface area contributed by atoms with E-state index in [1.54, 1.807) is 14.0 Å². The van der Waals surface area contributed by atoms with E-state index in [0.717, 1.165) is 35.5 Å². The van der Waals surface area contributed by atoms with Crippen LogP contribution in [0.3, 0.4) is 0 Å². The number of nitrogens with one attached hydrogen (secondary N) is 1. The van der Waals surface area contributed by atoms with Crippen LogP contribution in [0, 0.1) is 13.8 Å². The molecule has 0 heterocycles. The van der Waals surface area contributed by atoms with Crippen LogP contribution in [0.1, 0.15) is 30.0 Å². The lowest BCUT2D eigenvalue weighted by molar-refractivity contribution is -0.127. The normalized spacial score (nSPS) is 11.7. The first-order chi connectivity index (χ1) is 12.0. The standard InChI is InChI=1S/C21H27NO3/c1-15-7-8-16(2)20(14-15)25-17(3)21(23)22-13-5-6-18-9-11-19(24-4)12-10-18/h7-12,14,17H,5-6,13H2,1-4H3,(H,22,23). The van der Waals surface area contributed by atoms with Crippen LogP contribution in [0.2, 0.25) is 0 Å². The van der Waals surface area contributed by atoms with Crippen LogP contribution < -0.4 is 14.8 Å². The number of aryl methyl sites for hydroxylation is 3. The fourth-order valence-electron chi connectivity index (χ4n) is 2.52. The Balaban J connectivity index is 1.74. The van der Waals surface area contributed by atoms with E-state index < -0.39 is 6.10 Å². The minimum absolute atomic E-state index is 0.0874. The SMILES string of the molecule is COc1ccc(CCCNC(=O)C(C)Oc2cc(C)ccc2C)cc1. The molecule has 134 valence electrons. The summed E-state index contributed by atoms with van der Waals surface area (Å²) in [5.74, 6) is 1.53. The molecular formula is C21H27NO3. The molecule has 4 heteroatoms. The number of hydrogen-bond donors (Lipinski definition) is 1. The van der Waals surface area contributed by atoms with E-state index >= 15 is 0 Å². The first kappa shape index (κ1) is 18.8. The molecule has 0 saturated carbocycles. The highest BCUT2D eigenvalue weighted by Crippen LogP contribution is 2.20. The van der Waals surface area contributed by atoms with Gasteiger partial charge in [-0.2, -0.15) is 0 Å². The number of benzene rings is 2. The maximum atomic E-state index is 12.2. The van der Waals surface area contributed by atoms with Crippen molar-refractivity contribution >= 4 is 5.91 Å². The van der Waals surface area contributed by atoms with E-state index in [0.29, 0.717) is 6.54 Å². The lowest BCUT2D eigenvalue weighted by Crippen LogP contribution is -2.37. The first-order valence-corrected chi connectivity index (χ1v) is 8.64. The second-order valence-electron chi connectivity index (χ2n) is 6.27. The number of rotatable bonds is 8. The number of amides is 1. The zero-order valence-corrected chi connectivity index (χ0v) is 15.5. The third kappa shape index (κ3) is 5.82. The van der Waals surface area contributed by atoms with Crippen molar-refractivity contribution in [2.75, 3.05) is 13.7 Å². The predicted molar refractivity (Wildman–Crippen MR) is 100 cm³/mol. The Labute approximate surface area is 150 Å². The van der Waals surface area contributed by atoms with Gasteiger partial charge < -0.3 is 14.8 Å². The summed E-state index contributed by atoms with van der Waals surface area (Å²) in [7, 11) is 1.66. The molecule has 0 radical (unpaired) electrons. The summed E-state index contributed by atoms with van der Waals surface area (Å²) in [5, 5.41) is 2.94. The smallest absolute Gasteiger partial charge is 0.260 e. The van der Waals surface area contributed by atoms with Crippen molar-refractivity contribution in [3.8, 4) is 11.5 Å². The number of carbonyl (C=O) groups is 1. The van der Waals surface area contributed by atoms with E-state index in [2.05, 4.69) is 5.32 Å². The molecule has 2 aromatic rings. The average molecular weight is 341 g/mol. The summed E-state index contributed by atoms with van der Waals surface area (Å²) in [4.78, 5) is 12.2. The summed E-state index contributed by atoms with van der Waals surface area (Å²) < 4.78 is 10.9. The average Bonchev–Trinajstić information content (AvgIpc) is 2.62. The molecule has 0 bridgehead atoms. The van der Waals surface area contributed by atoms with E-state index in [4.69, 9.17) is 9.47 Å². The van der Waals surface area contributed by atoms with Crippen molar-refractivity contribution in [2.45, 2.75) is 39.7 Å². The topological polar surface area (TPSA) is 47.6 Å². The Hall–Kier alpha value is -2.49. The number of methoxy groups -OCH3 is 1.